The molecule has 0 aliphatic carbocycles. The van der Waals surface area contributed by atoms with Crippen molar-refractivity contribution in [1.29, 1.82) is 0 Å². The van der Waals surface area contributed by atoms with Gasteiger partial charge in [-0.15, -0.1) is 0 Å². The number of aromatic amines is 1. The van der Waals surface area contributed by atoms with E-state index in [4.69, 9.17) is 4.74 Å². The lowest BCUT2D eigenvalue weighted by atomic mass is 9.82. The average molecular weight is 271 g/mol. The molecule has 3 rings (SSSR count). The van der Waals surface area contributed by atoms with Crippen LogP contribution in [0.2, 0.25) is 0 Å². The number of nitrogens with one attached hydrogen (secondary N) is 2. The lowest BCUT2D eigenvalue weighted by Crippen LogP contribution is -2.49. The Morgan fingerprint density at radius 2 is 2.00 bits per heavy atom. The molecule has 0 unspecified atom stereocenters. The van der Waals surface area contributed by atoms with E-state index in [-0.39, 0.29) is 11.4 Å². The summed E-state index contributed by atoms with van der Waals surface area (Å²) < 4.78 is 5.44. The Bertz CT molecular complexity index is 560. The molecule has 0 bridgehead atoms. The Morgan fingerprint density at radius 1 is 1.25 bits per heavy atom. The molecule has 2 N–H and O–H groups in total. The quantitative estimate of drug-likeness (QED) is 0.895. The maximum absolute atomic E-state index is 12.3. The number of rotatable bonds is 3. The molecule has 1 amide bonds. The van der Waals surface area contributed by atoms with E-state index < -0.39 is 0 Å². The SMILES string of the molecule is O=C(NC1(c2ccccc2)CCOCC1)c1ncc[nH]1. The number of imidazole rings is 1. The fourth-order valence-corrected chi connectivity index (χ4v) is 2.63. The molecular formula is C15H17N3O2. The van der Waals surface area contributed by atoms with Gasteiger partial charge in [0.1, 0.15) is 0 Å². The van der Waals surface area contributed by atoms with Gasteiger partial charge in [0.25, 0.3) is 5.91 Å². The van der Waals surface area contributed by atoms with Gasteiger partial charge in [0.05, 0.1) is 5.54 Å². The number of carbonyl (C=O) groups excluding carboxylic acids is 1. The van der Waals surface area contributed by atoms with Crippen molar-refractivity contribution in [1.82, 2.24) is 15.3 Å². The molecule has 0 radical (unpaired) electrons. The molecular weight excluding hydrogens is 254 g/mol. The van der Waals surface area contributed by atoms with Crippen LogP contribution >= 0.6 is 0 Å². The highest BCUT2D eigenvalue weighted by Crippen LogP contribution is 2.32. The molecule has 2 aromatic rings. The van der Waals surface area contributed by atoms with Crippen LogP contribution in [0.5, 0.6) is 0 Å². The average Bonchev–Trinajstić information content (AvgIpc) is 3.03. The van der Waals surface area contributed by atoms with Gasteiger partial charge in [-0.2, -0.15) is 0 Å². The molecule has 0 spiro atoms. The zero-order valence-electron chi connectivity index (χ0n) is 11.1. The van der Waals surface area contributed by atoms with Crippen LogP contribution in [0.15, 0.2) is 42.7 Å². The fourth-order valence-electron chi connectivity index (χ4n) is 2.63. The summed E-state index contributed by atoms with van der Waals surface area (Å²) in [5.41, 5.74) is 0.742. The molecule has 1 aromatic carbocycles. The van der Waals surface area contributed by atoms with Crippen LogP contribution in [-0.2, 0) is 10.3 Å². The van der Waals surface area contributed by atoms with Crippen LogP contribution in [0.25, 0.3) is 0 Å². The van der Waals surface area contributed by atoms with Crippen molar-refractivity contribution in [3.05, 3.63) is 54.1 Å². The summed E-state index contributed by atoms with van der Waals surface area (Å²) in [5.74, 6) is 0.160. The zero-order chi connectivity index (χ0) is 13.8. The van der Waals surface area contributed by atoms with Crippen LogP contribution in [-0.4, -0.2) is 29.1 Å². The standard InChI is InChI=1S/C15H17N3O2/c19-14(13-16-8-9-17-13)18-15(6-10-20-11-7-15)12-4-2-1-3-5-12/h1-5,8-9H,6-7,10-11H2,(H,16,17)(H,18,19). The van der Waals surface area contributed by atoms with E-state index in [1.807, 2.05) is 30.3 Å². The van der Waals surface area contributed by atoms with Crippen molar-refractivity contribution in [2.24, 2.45) is 0 Å². The molecule has 0 atom stereocenters. The van der Waals surface area contributed by atoms with Gasteiger partial charge in [-0.25, -0.2) is 4.98 Å². The second-order valence-electron chi connectivity index (χ2n) is 4.95. The molecule has 1 aliphatic heterocycles. The first-order chi connectivity index (χ1) is 9.80. The van der Waals surface area contributed by atoms with E-state index in [1.165, 1.54) is 0 Å². The molecule has 1 aliphatic rings. The predicted octanol–water partition coefficient (Wildman–Crippen LogP) is 1.85. The van der Waals surface area contributed by atoms with Crippen molar-refractivity contribution in [2.45, 2.75) is 18.4 Å². The second kappa shape index (κ2) is 5.46. The van der Waals surface area contributed by atoms with E-state index in [1.54, 1.807) is 12.4 Å². The smallest absolute Gasteiger partial charge is 0.287 e. The van der Waals surface area contributed by atoms with Gasteiger partial charge in [0.15, 0.2) is 5.82 Å². The second-order valence-corrected chi connectivity index (χ2v) is 4.95. The molecule has 5 nitrogen and oxygen atoms in total. The van der Waals surface area contributed by atoms with E-state index >= 15 is 0 Å². The number of amides is 1. The number of hydrogen-bond donors (Lipinski definition) is 2. The van der Waals surface area contributed by atoms with Crippen molar-refractivity contribution in [3.8, 4) is 0 Å². The molecule has 2 heterocycles. The van der Waals surface area contributed by atoms with Crippen molar-refractivity contribution >= 4 is 5.91 Å². The minimum absolute atomic E-state index is 0.180. The Hall–Kier alpha value is -2.14. The van der Waals surface area contributed by atoms with Gasteiger partial charge in [0.2, 0.25) is 0 Å². The Balaban J connectivity index is 1.88. The minimum atomic E-state index is -0.372. The predicted molar refractivity (Wildman–Crippen MR) is 74.2 cm³/mol. The van der Waals surface area contributed by atoms with E-state index in [0.29, 0.717) is 19.0 Å². The van der Waals surface area contributed by atoms with Crippen molar-refractivity contribution in [3.63, 3.8) is 0 Å². The largest absolute Gasteiger partial charge is 0.381 e. The highest BCUT2D eigenvalue weighted by Gasteiger charge is 2.36. The van der Waals surface area contributed by atoms with Gasteiger partial charge in [-0.1, -0.05) is 30.3 Å². The summed E-state index contributed by atoms with van der Waals surface area (Å²) in [6.07, 6.45) is 4.76. The molecule has 104 valence electrons. The summed E-state index contributed by atoms with van der Waals surface area (Å²) in [6.45, 7) is 1.29. The Labute approximate surface area is 117 Å². The number of hydrogen-bond acceptors (Lipinski definition) is 3. The normalized spacial score (nSPS) is 17.6. The first kappa shape index (κ1) is 12.9. The highest BCUT2D eigenvalue weighted by molar-refractivity contribution is 5.91. The highest BCUT2D eigenvalue weighted by atomic mass is 16.5. The number of ether oxygens (including phenoxy) is 1. The fraction of sp³-hybridized carbons (Fsp3) is 0.333. The minimum Gasteiger partial charge on any atom is -0.381 e. The maximum Gasteiger partial charge on any atom is 0.287 e. The number of aromatic nitrogens is 2. The van der Waals surface area contributed by atoms with Crippen molar-refractivity contribution < 1.29 is 9.53 Å². The van der Waals surface area contributed by atoms with Gasteiger partial charge in [-0.3, -0.25) is 4.79 Å². The molecule has 20 heavy (non-hydrogen) atoms. The first-order valence-corrected chi connectivity index (χ1v) is 6.75. The molecule has 1 saturated heterocycles. The van der Waals surface area contributed by atoms with E-state index in [9.17, 15) is 4.79 Å². The first-order valence-electron chi connectivity index (χ1n) is 6.75. The summed E-state index contributed by atoms with van der Waals surface area (Å²) in [5, 5.41) is 3.14. The van der Waals surface area contributed by atoms with Crippen LogP contribution < -0.4 is 5.32 Å². The molecule has 1 fully saturated rings. The number of benzene rings is 1. The van der Waals surface area contributed by atoms with Gasteiger partial charge < -0.3 is 15.0 Å². The summed E-state index contributed by atoms with van der Waals surface area (Å²) >= 11 is 0. The molecule has 5 heteroatoms. The molecule has 1 aromatic heterocycles. The summed E-state index contributed by atoms with van der Waals surface area (Å²) in [6, 6.07) is 10.1. The number of nitrogens with zero attached hydrogens (tertiary/aromatic N) is 1. The van der Waals surface area contributed by atoms with Gasteiger partial charge in [-0.05, 0) is 18.4 Å². The topological polar surface area (TPSA) is 67.0 Å². The van der Waals surface area contributed by atoms with Crippen LogP contribution in [0.4, 0.5) is 0 Å². The van der Waals surface area contributed by atoms with Gasteiger partial charge >= 0.3 is 0 Å². The van der Waals surface area contributed by atoms with E-state index in [2.05, 4.69) is 15.3 Å². The maximum atomic E-state index is 12.3. The van der Waals surface area contributed by atoms with Crippen LogP contribution in [0.1, 0.15) is 29.0 Å². The number of H-pyrrole nitrogens is 1. The monoisotopic (exact) mass is 271 g/mol. The third kappa shape index (κ3) is 2.44. The van der Waals surface area contributed by atoms with Crippen molar-refractivity contribution in [2.75, 3.05) is 13.2 Å². The summed E-state index contributed by atoms with van der Waals surface area (Å²) in [7, 11) is 0. The third-order valence-electron chi connectivity index (χ3n) is 3.74. The number of carbonyl (C=O) groups is 1. The van der Waals surface area contributed by atoms with Crippen LogP contribution in [0, 0.1) is 0 Å². The Morgan fingerprint density at radius 3 is 2.65 bits per heavy atom. The lowest BCUT2D eigenvalue weighted by molar-refractivity contribution is 0.0342. The molecule has 0 saturated carbocycles. The van der Waals surface area contributed by atoms with Crippen LogP contribution in [0.3, 0.4) is 0 Å². The van der Waals surface area contributed by atoms with Gasteiger partial charge in [0, 0.05) is 25.6 Å². The van der Waals surface area contributed by atoms with E-state index in [0.717, 1.165) is 18.4 Å². The lowest BCUT2D eigenvalue weighted by Gasteiger charge is -2.38. The zero-order valence-corrected chi connectivity index (χ0v) is 11.1. The summed E-state index contributed by atoms with van der Waals surface area (Å²) in [4.78, 5) is 19.2. The Kier molecular flexibility index (Phi) is 3.52. The third-order valence-corrected chi connectivity index (χ3v) is 3.74.